The number of nitrogens with zero attached hydrogens (tertiary/aromatic N) is 4. The second-order valence-electron chi connectivity index (χ2n) is 6.58. The van der Waals surface area contributed by atoms with E-state index in [0.29, 0.717) is 17.7 Å². The number of carbonyl (C=O) groups excluding carboxylic acids is 2. The molecule has 0 aliphatic rings. The molecule has 0 unspecified atom stereocenters. The van der Waals surface area contributed by atoms with Crippen LogP contribution in [0.2, 0.25) is 0 Å². The van der Waals surface area contributed by atoms with Crippen LogP contribution in [0, 0.1) is 6.92 Å². The molecule has 1 aromatic carbocycles. The minimum absolute atomic E-state index is 0.00628. The van der Waals surface area contributed by atoms with Crippen molar-refractivity contribution in [2.24, 2.45) is 0 Å². The Labute approximate surface area is 179 Å². The van der Waals surface area contributed by atoms with Gasteiger partial charge < -0.3 is 14.6 Å². The van der Waals surface area contributed by atoms with Crippen LogP contribution >= 0.6 is 11.8 Å². The normalized spacial score (nSPS) is 10.6. The summed E-state index contributed by atoms with van der Waals surface area (Å²) in [5.41, 5.74) is 2.47. The average Bonchev–Trinajstić information content (AvgIpc) is 3.23. The number of aryl methyl sites for hydroxylation is 1. The Morgan fingerprint density at radius 1 is 1.13 bits per heavy atom. The third kappa shape index (κ3) is 5.90. The van der Waals surface area contributed by atoms with Crippen LogP contribution in [0.15, 0.2) is 58.4 Å². The van der Waals surface area contributed by atoms with Crippen molar-refractivity contribution in [2.75, 3.05) is 24.2 Å². The number of anilines is 1. The first-order valence-electron chi connectivity index (χ1n) is 9.56. The molecule has 1 N–H and O–H groups in total. The second-order valence-corrected chi connectivity index (χ2v) is 7.50. The summed E-state index contributed by atoms with van der Waals surface area (Å²) in [6.07, 6.45) is 4.03. The third-order valence-corrected chi connectivity index (χ3v) is 5.06. The van der Waals surface area contributed by atoms with Gasteiger partial charge in [0.2, 0.25) is 17.7 Å². The Kier molecular flexibility index (Phi) is 7.56. The SMILES string of the molecule is CCCN(CC(=O)Nc1ccccc1C)C(=O)CSc1nnc(-c2ccncc2)o1. The quantitative estimate of drug-likeness (QED) is 0.524. The highest BCUT2D eigenvalue weighted by Gasteiger charge is 2.19. The first kappa shape index (κ1) is 21.5. The van der Waals surface area contributed by atoms with Gasteiger partial charge in [0.25, 0.3) is 5.22 Å². The average molecular weight is 426 g/mol. The third-order valence-electron chi connectivity index (χ3n) is 4.25. The Hall–Kier alpha value is -3.20. The molecule has 30 heavy (non-hydrogen) atoms. The maximum atomic E-state index is 12.7. The molecule has 8 nitrogen and oxygen atoms in total. The summed E-state index contributed by atoms with van der Waals surface area (Å²) in [4.78, 5) is 30.6. The summed E-state index contributed by atoms with van der Waals surface area (Å²) < 4.78 is 5.60. The minimum Gasteiger partial charge on any atom is -0.411 e. The predicted octanol–water partition coefficient (Wildman–Crippen LogP) is 3.41. The van der Waals surface area contributed by atoms with E-state index in [4.69, 9.17) is 4.42 Å². The van der Waals surface area contributed by atoms with Crippen LogP contribution in [0.4, 0.5) is 5.69 Å². The lowest BCUT2D eigenvalue weighted by Gasteiger charge is -2.21. The van der Waals surface area contributed by atoms with Crippen molar-refractivity contribution in [1.29, 1.82) is 0 Å². The Morgan fingerprint density at radius 2 is 1.90 bits per heavy atom. The summed E-state index contributed by atoms with van der Waals surface area (Å²) in [7, 11) is 0. The summed E-state index contributed by atoms with van der Waals surface area (Å²) in [5.74, 6) is 0.0880. The van der Waals surface area contributed by atoms with Gasteiger partial charge in [-0.05, 0) is 37.1 Å². The van der Waals surface area contributed by atoms with Crippen LogP contribution in [0.5, 0.6) is 0 Å². The molecule has 0 aliphatic carbocycles. The van der Waals surface area contributed by atoms with Crippen LogP contribution in [-0.4, -0.2) is 50.7 Å². The first-order chi connectivity index (χ1) is 14.6. The number of para-hydroxylation sites is 1. The van der Waals surface area contributed by atoms with Crippen LogP contribution in [-0.2, 0) is 9.59 Å². The molecular formula is C21H23N5O3S. The molecule has 0 radical (unpaired) electrons. The number of benzene rings is 1. The van der Waals surface area contributed by atoms with E-state index in [-0.39, 0.29) is 24.1 Å². The molecule has 0 bridgehead atoms. The number of thioether (sulfide) groups is 1. The highest BCUT2D eigenvalue weighted by Crippen LogP contribution is 2.23. The van der Waals surface area contributed by atoms with Gasteiger partial charge in [0.15, 0.2) is 0 Å². The number of carbonyl (C=O) groups is 2. The van der Waals surface area contributed by atoms with Gasteiger partial charge in [-0.3, -0.25) is 14.6 Å². The van der Waals surface area contributed by atoms with Crippen LogP contribution in [0.25, 0.3) is 11.5 Å². The molecule has 0 saturated carbocycles. The van der Waals surface area contributed by atoms with Gasteiger partial charge in [-0.15, -0.1) is 10.2 Å². The number of hydrogen-bond acceptors (Lipinski definition) is 7. The molecule has 2 amide bonds. The van der Waals surface area contributed by atoms with Gasteiger partial charge in [0.1, 0.15) is 0 Å². The zero-order valence-electron chi connectivity index (χ0n) is 16.9. The number of rotatable bonds is 9. The monoisotopic (exact) mass is 425 g/mol. The fraction of sp³-hybridized carbons (Fsp3) is 0.286. The summed E-state index contributed by atoms with van der Waals surface area (Å²) in [6, 6.07) is 11.1. The highest BCUT2D eigenvalue weighted by molar-refractivity contribution is 7.99. The van der Waals surface area contributed by atoms with E-state index in [0.717, 1.165) is 35.0 Å². The van der Waals surface area contributed by atoms with Gasteiger partial charge in [0.05, 0.1) is 12.3 Å². The molecule has 0 aliphatic heterocycles. The lowest BCUT2D eigenvalue weighted by atomic mass is 10.2. The smallest absolute Gasteiger partial charge is 0.277 e. The van der Waals surface area contributed by atoms with E-state index in [2.05, 4.69) is 20.5 Å². The fourth-order valence-corrected chi connectivity index (χ4v) is 3.40. The molecule has 2 aromatic heterocycles. The van der Waals surface area contributed by atoms with Crippen LogP contribution in [0.3, 0.4) is 0 Å². The minimum atomic E-state index is -0.228. The number of aromatic nitrogens is 3. The van der Waals surface area contributed by atoms with Crippen LogP contribution in [0.1, 0.15) is 18.9 Å². The standard InChI is InChI=1S/C21H23N5O3S/c1-3-12-26(13-18(27)23-17-7-5-4-6-15(17)2)19(28)14-30-21-25-24-20(29-21)16-8-10-22-11-9-16/h4-11H,3,12-14H2,1-2H3,(H,23,27). The number of amides is 2. The number of hydrogen-bond donors (Lipinski definition) is 1. The Balaban J connectivity index is 1.56. The Morgan fingerprint density at radius 3 is 2.63 bits per heavy atom. The maximum Gasteiger partial charge on any atom is 0.277 e. The van der Waals surface area contributed by atoms with Crippen molar-refractivity contribution in [1.82, 2.24) is 20.1 Å². The van der Waals surface area contributed by atoms with Crippen molar-refractivity contribution < 1.29 is 14.0 Å². The van der Waals surface area contributed by atoms with Crippen molar-refractivity contribution >= 4 is 29.3 Å². The van der Waals surface area contributed by atoms with Crippen molar-refractivity contribution in [2.45, 2.75) is 25.5 Å². The predicted molar refractivity (Wildman–Crippen MR) is 115 cm³/mol. The molecule has 0 saturated heterocycles. The zero-order valence-corrected chi connectivity index (χ0v) is 17.7. The highest BCUT2D eigenvalue weighted by atomic mass is 32.2. The maximum absolute atomic E-state index is 12.7. The van der Waals surface area contributed by atoms with Crippen molar-refractivity contribution in [3.05, 3.63) is 54.4 Å². The largest absolute Gasteiger partial charge is 0.411 e. The van der Waals surface area contributed by atoms with Gasteiger partial charge in [-0.1, -0.05) is 36.9 Å². The van der Waals surface area contributed by atoms with Gasteiger partial charge in [-0.25, -0.2) is 0 Å². The lowest BCUT2D eigenvalue weighted by molar-refractivity contribution is -0.132. The number of pyridine rings is 1. The van der Waals surface area contributed by atoms with Gasteiger partial charge in [0, 0.05) is 30.2 Å². The van der Waals surface area contributed by atoms with E-state index in [9.17, 15) is 9.59 Å². The van der Waals surface area contributed by atoms with Crippen molar-refractivity contribution in [3.63, 3.8) is 0 Å². The van der Waals surface area contributed by atoms with Gasteiger partial charge in [-0.2, -0.15) is 0 Å². The molecule has 3 aromatic rings. The van der Waals surface area contributed by atoms with E-state index in [1.807, 2.05) is 38.1 Å². The molecule has 0 spiro atoms. The Bertz CT molecular complexity index is 993. The lowest BCUT2D eigenvalue weighted by Crippen LogP contribution is -2.39. The van der Waals surface area contributed by atoms with Crippen molar-refractivity contribution in [3.8, 4) is 11.5 Å². The fourth-order valence-electron chi connectivity index (χ4n) is 2.73. The van der Waals surface area contributed by atoms with E-state index in [1.165, 1.54) is 0 Å². The number of nitrogens with one attached hydrogen (secondary N) is 1. The summed E-state index contributed by atoms with van der Waals surface area (Å²) in [6.45, 7) is 4.37. The molecular weight excluding hydrogens is 402 g/mol. The molecule has 9 heteroatoms. The molecule has 0 fully saturated rings. The molecule has 2 heterocycles. The van der Waals surface area contributed by atoms with E-state index >= 15 is 0 Å². The molecule has 0 atom stereocenters. The first-order valence-corrected chi connectivity index (χ1v) is 10.6. The summed E-state index contributed by atoms with van der Waals surface area (Å²) in [5, 5.41) is 11.1. The molecule has 156 valence electrons. The topological polar surface area (TPSA) is 101 Å². The second kappa shape index (κ2) is 10.5. The zero-order chi connectivity index (χ0) is 21.3. The van der Waals surface area contributed by atoms with Crippen LogP contribution < -0.4 is 5.32 Å². The molecule has 3 rings (SSSR count). The van der Waals surface area contributed by atoms with Gasteiger partial charge >= 0.3 is 0 Å². The van der Waals surface area contributed by atoms with E-state index in [1.54, 1.807) is 29.4 Å². The van der Waals surface area contributed by atoms with E-state index < -0.39 is 0 Å². The summed E-state index contributed by atoms with van der Waals surface area (Å²) >= 11 is 1.15.